The molecule has 2 aromatic rings. The summed E-state index contributed by atoms with van der Waals surface area (Å²) >= 11 is 4.63. The maximum absolute atomic E-state index is 12.9. The molecule has 0 unspecified atom stereocenters. The van der Waals surface area contributed by atoms with E-state index in [2.05, 4.69) is 12.2 Å². The van der Waals surface area contributed by atoms with Crippen LogP contribution in [0.3, 0.4) is 0 Å². The van der Waals surface area contributed by atoms with Crippen LogP contribution < -0.4 is 5.73 Å². The molecule has 0 saturated carbocycles. The molecule has 0 atom stereocenters. The number of benzene rings is 1. The van der Waals surface area contributed by atoms with Gasteiger partial charge in [-0.3, -0.25) is 0 Å². The molecule has 0 amide bonds. The smallest absolute Gasteiger partial charge is 0.416 e. The molecule has 1 aromatic heterocycles. The molecule has 136 valence electrons. The molecule has 1 heterocycles. The van der Waals surface area contributed by atoms with E-state index >= 15 is 0 Å². The minimum absolute atomic E-state index is 0.00433. The van der Waals surface area contributed by atoms with E-state index in [9.17, 15) is 26.3 Å². The first-order chi connectivity index (χ1) is 11.9. The Morgan fingerprint density at radius 2 is 1.58 bits per heavy atom. The fraction of sp³-hybridized carbons (Fsp3) is 0.125. The standard InChI is InChI=1S/C16H8F6N2OS/c17-15(18,19)10-3-8(4-11(6-10)16(20,21)22)13-2-1-12(25-13)5-9(7-23)14(24)26/h1-6H,(H2,24,26)/b9-5+. The van der Waals surface area contributed by atoms with Crippen LogP contribution in [0.5, 0.6) is 0 Å². The Morgan fingerprint density at radius 3 is 2.00 bits per heavy atom. The second-order valence-corrected chi connectivity index (χ2v) is 5.47. The average Bonchev–Trinajstić information content (AvgIpc) is 2.98. The number of nitriles is 1. The highest BCUT2D eigenvalue weighted by Gasteiger charge is 2.37. The van der Waals surface area contributed by atoms with E-state index in [0.717, 1.165) is 6.08 Å². The van der Waals surface area contributed by atoms with Crippen LogP contribution in [0.15, 0.2) is 40.3 Å². The topological polar surface area (TPSA) is 63.0 Å². The average molecular weight is 390 g/mol. The van der Waals surface area contributed by atoms with Crippen LogP contribution in [0, 0.1) is 11.3 Å². The van der Waals surface area contributed by atoms with Gasteiger partial charge in [-0.1, -0.05) is 12.2 Å². The normalized spacial score (nSPS) is 12.7. The summed E-state index contributed by atoms with van der Waals surface area (Å²) in [7, 11) is 0. The number of nitrogens with two attached hydrogens (primary N) is 1. The first-order valence-electron chi connectivity index (χ1n) is 6.73. The zero-order valence-corrected chi connectivity index (χ0v) is 13.4. The minimum atomic E-state index is -4.97. The van der Waals surface area contributed by atoms with Crippen LogP contribution in [-0.4, -0.2) is 4.99 Å². The number of hydrogen-bond acceptors (Lipinski definition) is 3. The molecular formula is C16H8F6N2OS. The Bertz CT molecular complexity index is 886. The molecule has 0 aliphatic carbocycles. The largest absolute Gasteiger partial charge is 0.457 e. The van der Waals surface area contributed by atoms with E-state index in [1.54, 1.807) is 6.07 Å². The van der Waals surface area contributed by atoms with Gasteiger partial charge < -0.3 is 10.2 Å². The molecule has 3 nitrogen and oxygen atoms in total. The van der Waals surface area contributed by atoms with Crippen molar-refractivity contribution in [1.29, 1.82) is 5.26 Å². The second kappa shape index (κ2) is 6.84. The first kappa shape index (κ1) is 19.5. The van der Waals surface area contributed by atoms with Crippen molar-refractivity contribution in [2.75, 3.05) is 0 Å². The van der Waals surface area contributed by atoms with E-state index < -0.39 is 29.0 Å². The van der Waals surface area contributed by atoms with Crippen LogP contribution in [0.25, 0.3) is 17.4 Å². The molecule has 2 rings (SSSR count). The Kier molecular flexibility index (Phi) is 5.13. The van der Waals surface area contributed by atoms with E-state index in [-0.39, 0.29) is 28.1 Å². The molecule has 0 bridgehead atoms. The fourth-order valence-corrected chi connectivity index (χ4v) is 2.09. The predicted octanol–water partition coefficient (Wildman–Crippen LogP) is 5.18. The number of alkyl halides is 6. The van der Waals surface area contributed by atoms with Crippen molar-refractivity contribution >= 4 is 23.3 Å². The van der Waals surface area contributed by atoms with Crippen molar-refractivity contribution < 1.29 is 30.8 Å². The monoisotopic (exact) mass is 390 g/mol. The summed E-state index contributed by atoms with van der Waals surface area (Å²) in [5, 5.41) is 8.86. The quantitative estimate of drug-likeness (QED) is 0.340. The van der Waals surface area contributed by atoms with Crippen molar-refractivity contribution in [2.24, 2.45) is 5.73 Å². The highest BCUT2D eigenvalue weighted by Crippen LogP contribution is 2.39. The summed E-state index contributed by atoms with van der Waals surface area (Å²) in [5.41, 5.74) is 1.83. The van der Waals surface area contributed by atoms with Gasteiger partial charge in [-0.15, -0.1) is 0 Å². The van der Waals surface area contributed by atoms with Crippen molar-refractivity contribution in [3.05, 3.63) is 52.8 Å². The van der Waals surface area contributed by atoms with E-state index in [1.807, 2.05) is 0 Å². The Morgan fingerprint density at radius 1 is 1.04 bits per heavy atom. The van der Waals surface area contributed by atoms with E-state index in [1.165, 1.54) is 12.1 Å². The van der Waals surface area contributed by atoms with Crippen molar-refractivity contribution in [1.82, 2.24) is 0 Å². The van der Waals surface area contributed by atoms with Crippen LogP contribution >= 0.6 is 12.2 Å². The lowest BCUT2D eigenvalue weighted by Crippen LogP contribution is -2.11. The van der Waals surface area contributed by atoms with Crippen LogP contribution in [0.1, 0.15) is 16.9 Å². The van der Waals surface area contributed by atoms with Gasteiger partial charge in [-0.25, -0.2) is 0 Å². The van der Waals surface area contributed by atoms with Gasteiger partial charge in [-0.05, 0) is 30.3 Å². The molecule has 26 heavy (non-hydrogen) atoms. The molecule has 0 aliphatic rings. The lowest BCUT2D eigenvalue weighted by atomic mass is 10.0. The molecule has 0 saturated heterocycles. The third-order valence-electron chi connectivity index (χ3n) is 3.17. The van der Waals surface area contributed by atoms with Crippen LogP contribution in [0.4, 0.5) is 26.3 Å². The zero-order valence-electron chi connectivity index (χ0n) is 12.6. The lowest BCUT2D eigenvalue weighted by molar-refractivity contribution is -0.143. The number of nitrogens with zero attached hydrogens (tertiary/aromatic N) is 1. The Balaban J connectivity index is 2.56. The summed E-state index contributed by atoms with van der Waals surface area (Å²) in [4.78, 5) is -0.233. The number of furan rings is 1. The highest BCUT2D eigenvalue weighted by molar-refractivity contribution is 7.80. The van der Waals surface area contributed by atoms with Crippen molar-refractivity contribution in [3.63, 3.8) is 0 Å². The SMILES string of the molecule is N#C/C(=C\c1ccc(-c2cc(C(F)(F)F)cc(C(F)(F)F)c2)o1)C(N)=S. The van der Waals surface area contributed by atoms with Crippen molar-refractivity contribution in [2.45, 2.75) is 12.4 Å². The third-order valence-corrected chi connectivity index (χ3v) is 3.39. The number of halogens is 6. The van der Waals surface area contributed by atoms with Gasteiger partial charge in [-0.2, -0.15) is 31.6 Å². The fourth-order valence-electron chi connectivity index (χ4n) is 1.98. The molecule has 2 N–H and O–H groups in total. The van der Waals surface area contributed by atoms with Gasteiger partial charge in [0.15, 0.2) is 0 Å². The molecule has 10 heteroatoms. The second-order valence-electron chi connectivity index (χ2n) is 5.03. The maximum atomic E-state index is 12.9. The molecular weight excluding hydrogens is 382 g/mol. The molecule has 1 aromatic carbocycles. The maximum Gasteiger partial charge on any atom is 0.416 e. The van der Waals surface area contributed by atoms with Crippen LogP contribution in [-0.2, 0) is 12.4 Å². The molecule has 0 radical (unpaired) electrons. The minimum Gasteiger partial charge on any atom is -0.457 e. The van der Waals surface area contributed by atoms with Gasteiger partial charge in [0.1, 0.15) is 22.6 Å². The van der Waals surface area contributed by atoms with Crippen molar-refractivity contribution in [3.8, 4) is 17.4 Å². The van der Waals surface area contributed by atoms with E-state index in [4.69, 9.17) is 15.4 Å². The first-order valence-corrected chi connectivity index (χ1v) is 7.14. The van der Waals surface area contributed by atoms with Gasteiger partial charge in [0, 0.05) is 11.6 Å². The molecule has 0 spiro atoms. The summed E-state index contributed by atoms with van der Waals surface area (Å²) < 4.78 is 82.6. The van der Waals surface area contributed by atoms with Gasteiger partial charge in [0.05, 0.1) is 16.7 Å². The summed E-state index contributed by atoms with van der Waals surface area (Å²) in [5.74, 6) is -0.247. The number of rotatable bonds is 3. The zero-order chi connectivity index (χ0) is 19.7. The number of hydrogen-bond donors (Lipinski definition) is 1. The Hall–Kier alpha value is -2.80. The number of thiocarbonyl (C=S) groups is 1. The van der Waals surface area contributed by atoms with Gasteiger partial charge >= 0.3 is 12.4 Å². The predicted molar refractivity (Wildman–Crippen MR) is 84.5 cm³/mol. The summed E-state index contributed by atoms with van der Waals surface area (Å²) in [6.45, 7) is 0. The highest BCUT2D eigenvalue weighted by atomic mass is 32.1. The van der Waals surface area contributed by atoms with Gasteiger partial charge in [0.25, 0.3) is 0 Å². The van der Waals surface area contributed by atoms with Crippen LogP contribution in [0.2, 0.25) is 0 Å². The summed E-state index contributed by atoms with van der Waals surface area (Å²) in [6, 6.07) is 5.24. The molecule has 0 aliphatic heterocycles. The lowest BCUT2D eigenvalue weighted by Gasteiger charge is -2.13. The Labute approximate surface area is 148 Å². The summed E-state index contributed by atoms with van der Waals surface area (Å²) in [6.07, 6.45) is -8.81. The third kappa shape index (κ3) is 4.43. The molecule has 0 fully saturated rings. The van der Waals surface area contributed by atoms with E-state index in [0.29, 0.717) is 12.1 Å². The van der Waals surface area contributed by atoms with Gasteiger partial charge in [0.2, 0.25) is 0 Å².